The van der Waals surface area contributed by atoms with E-state index in [1.54, 1.807) is 0 Å². The van der Waals surface area contributed by atoms with E-state index in [-0.39, 0.29) is 23.5 Å². The summed E-state index contributed by atoms with van der Waals surface area (Å²) in [6.07, 6.45) is 0.910. The van der Waals surface area contributed by atoms with E-state index in [0.29, 0.717) is 0 Å². The summed E-state index contributed by atoms with van der Waals surface area (Å²) in [6.45, 7) is 10.1. The lowest BCUT2D eigenvalue weighted by Gasteiger charge is -2.28. The van der Waals surface area contributed by atoms with Gasteiger partial charge in [0, 0.05) is 16.1 Å². The van der Waals surface area contributed by atoms with Crippen LogP contribution in [0.3, 0.4) is 0 Å². The Morgan fingerprint density at radius 2 is 1.80 bits per heavy atom. The topological polar surface area (TPSA) is 41.1 Å². The van der Waals surface area contributed by atoms with Gasteiger partial charge in [-0.05, 0) is 51.8 Å². The van der Waals surface area contributed by atoms with Gasteiger partial charge in [-0.25, -0.2) is 0 Å². The van der Waals surface area contributed by atoms with E-state index >= 15 is 0 Å². The van der Waals surface area contributed by atoms with Gasteiger partial charge < -0.3 is 5.32 Å². The van der Waals surface area contributed by atoms with E-state index in [9.17, 15) is 4.79 Å². The van der Waals surface area contributed by atoms with Crippen LogP contribution in [-0.4, -0.2) is 17.5 Å². The molecule has 1 aromatic carbocycles. The van der Waals surface area contributed by atoms with Crippen molar-refractivity contribution in [2.24, 2.45) is 0 Å². The maximum Gasteiger partial charge on any atom is 0.237 e. The smallest absolute Gasteiger partial charge is 0.237 e. The van der Waals surface area contributed by atoms with Crippen LogP contribution in [0.25, 0.3) is 0 Å². The maximum absolute atomic E-state index is 12.2. The summed E-state index contributed by atoms with van der Waals surface area (Å²) in [5.74, 6) is 0.0424. The van der Waals surface area contributed by atoms with Crippen molar-refractivity contribution in [1.82, 2.24) is 10.6 Å². The lowest BCUT2D eigenvalue weighted by molar-refractivity contribution is -0.124. The number of amides is 1. The molecule has 0 saturated carbocycles. The van der Waals surface area contributed by atoms with Crippen molar-refractivity contribution in [3.05, 3.63) is 34.3 Å². The molecule has 0 saturated heterocycles. The van der Waals surface area contributed by atoms with Crippen LogP contribution >= 0.6 is 15.9 Å². The molecule has 0 heterocycles. The minimum absolute atomic E-state index is 0.0424. The molecular formula is C16H25BrN2O. The van der Waals surface area contributed by atoms with Gasteiger partial charge in [0.1, 0.15) is 0 Å². The summed E-state index contributed by atoms with van der Waals surface area (Å²) in [5.41, 5.74) is 1.01. The highest BCUT2D eigenvalue weighted by Gasteiger charge is 2.22. The van der Waals surface area contributed by atoms with Crippen LogP contribution in [0.15, 0.2) is 28.7 Å². The summed E-state index contributed by atoms with van der Waals surface area (Å²) in [4.78, 5) is 12.2. The molecule has 20 heavy (non-hydrogen) atoms. The number of hydrogen-bond donors (Lipinski definition) is 2. The highest BCUT2D eigenvalue weighted by Crippen LogP contribution is 2.17. The Kier molecular flexibility index (Phi) is 6.21. The monoisotopic (exact) mass is 340 g/mol. The van der Waals surface area contributed by atoms with E-state index in [1.165, 1.54) is 5.56 Å². The number of nitrogens with one attached hydrogen (secondary N) is 2. The zero-order chi connectivity index (χ0) is 15.3. The Morgan fingerprint density at radius 3 is 2.30 bits per heavy atom. The summed E-state index contributed by atoms with van der Waals surface area (Å²) in [6, 6.07) is 8.05. The number of halogens is 1. The Morgan fingerprint density at radius 1 is 1.25 bits per heavy atom. The first-order valence-corrected chi connectivity index (χ1v) is 7.88. The van der Waals surface area contributed by atoms with Crippen LogP contribution in [0.1, 0.15) is 52.6 Å². The van der Waals surface area contributed by atoms with Gasteiger partial charge in [0.15, 0.2) is 0 Å². The van der Waals surface area contributed by atoms with Gasteiger partial charge in [0.05, 0.1) is 6.04 Å². The lowest BCUT2D eigenvalue weighted by Crippen LogP contribution is -2.51. The number of rotatable bonds is 6. The first kappa shape index (κ1) is 17.2. The van der Waals surface area contributed by atoms with Gasteiger partial charge in [-0.2, -0.15) is 0 Å². The molecule has 0 aliphatic rings. The maximum atomic E-state index is 12.2. The molecule has 4 heteroatoms. The Labute approximate surface area is 130 Å². The fourth-order valence-corrected chi connectivity index (χ4v) is 2.09. The zero-order valence-electron chi connectivity index (χ0n) is 13.0. The van der Waals surface area contributed by atoms with Crippen LogP contribution in [0.2, 0.25) is 0 Å². The van der Waals surface area contributed by atoms with Gasteiger partial charge >= 0.3 is 0 Å². The molecule has 0 spiro atoms. The van der Waals surface area contributed by atoms with E-state index < -0.39 is 0 Å². The second-order valence-corrected chi connectivity index (χ2v) is 6.80. The van der Waals surface area contributed by atoms with Crippen molar-refractivity contribution < 1.29 is 4.79 Å². The standard InChI is InChI=1S/C16H25BrN2O/c1-6-16(4,5)19-15(20)12(3)18-11(2)13-7-9-14(17)10-8-13/h7-12,18H,6H2,1-5H3,(H,19,20)/t11-,12?/m0/s1. The number of benzene rings is 1. The van der Waals surface area contributed by atoms with Gasteiger partial charge in [-0.1, -0.05) is 35.0 Å². The highest BCUT2D eigenvalue weighted by molar-refractivity contribution is 9.10. The van der Waals surface area contributed by atoms with Crippen LogP contribution in [0.5, 0.6) is 0 Å². The molecule has 0 aromatic heterocycles. The summed E-state index contributed by atoms with van der Waals surface area (Å²) in [5, 5.41) is 6.40. The summed E-state index contributed by atoms with van der Waals surface area (Å²) in [7, 11) is 0. The largest absolute Gasteiger partial charge is 0.350 e. The van der Waals surface area contributed by atoms with Crippen molar-refractivity contribution in [2.75, 3.05) is 0 Å². The molecular weight excluding hydrogens is 316 g/mol. The SMILES string of the molecule is CCC(C)(C)NC(=O)C(C)N[C@@H](C)c1ccc(Br)cc1. The molecule has 3 nitrogen and oxygen atoms in total. The summed E-state index contributed by atoms with van der Waals surface area (Å²) < 4.78 is 1.06. The molecule has 0 aliphatic carbocycles. The van der Waals surface area contributed by atoms with Crippen molar-refractivity contribution in [1.29, 1.82) is 0 Å². The second kappa shape index (κ2) is 7.23. The molecule has 2 N–H and O–H groups in total. The zero-order valence-corrected chi connectivity index (χ0v) is 14.5. The normalized spacial score (nSPS) is 14.7. The second-order valence-electron chi connectivity index (χ2n) is 5.89. The van der Waals surface area contributed by atoms with Gasteiger partial charge in [-0.15, -0.1) is 0 Å². The molecule has 2 atom stereocenters. The molecule has 112 valence electrons. The molecule has 0 bridgehead atoms. The van der Waals surface area contributed by atoms with Crippen molar-refractivity contribution in [3.8, 4) is 0 Å². The first-order valence-electron chi connectivity index (χ1n) is 7.08. The van der Waals surface area contributed by atoms with Gasteiger partial charge in [0.25, 0.3) is 0 Å². The third kappa shape index (κ3) is 5.25. The average molecular weight is 341 g/mol. The average Bonchev–Trinajstić information content (AvgIpc) is 2.38. The molecule has 0 aliphatic heterocycles. The Balaban J connectivity index is 2.59. The predicted molar refractivity (Wildman–Crippen MR) is 87.7 cm³/mol. The van der Waals surface area contributed by atoms with E-state index in [4.69, 9.17) is 0 Å². The van der Waals surface area contributed by atoms with Crippen LogP contribution in [-0.2, 0) is 4.79 Å². The van der Waals surface area contributed by atoms with Crippen LogP contribution in [0, 0.1) is 0 Å². The lowest BCUT2D eigenvalue weighted by atomic mass is 10.0. The Hall–Kier alpha value is -0.870. The fraction of sp³-hybridized carbons (Fsp3) is 0.562. The highest BCUT2D eigenvalue weighted by atomic mass is 79.9. The van der Waals surface area contributed by atoms with Crippen molar-refractivity contribution in [3.63, 3.8) is 0 Å². The Bertz CT molecular complexity index is 442. The molecule has 0 radical (unpaired) electrons. The molecule has 1 aromatic rings. The van der Waals surface area contributed by atoms with Crippen LogP contribution < -0.4 is 10.6 Å². The molecule has 1 unspecified atom stereocenters. The fourth-order valence-electron chi connectivity index (χ4n) is 1.83. The van der Waals surface area contributed by atoms with E-state index in [1.807, 2.05) is 32.9 Å². The van der Waals surface area contributed by atoms with Gasteiger partial charge in [-0.3, -0.25) is 10.1 Å². The van der Waals surface area contributed by atoms with E-state index in [2.05, 4.69) is 52.5 Å². The number of carbonyl (C=O) groups excluding carboxylic acids is 1. The minimum atomic E-state index is -0.223. The number of carbonyl (C=O) groups is 1. The van der Waals surface area contributed by atoms with Gasteiger partial charge in [0.2, 0.25) is 5.91 Å². The third-order valence-electron chi connectivity index (χ3n) is 3.61. The molecule has 1 rings (SSSR count). The van der Waals surface area contributed by atoms with Crippen LogP contribution in [0.4, 0.5) is 0 Å². The predicted octanol–water partition coefficient (Wildman–Crippen LogP) is 3.79. The first-order chi connectivity index (χ1) is 9.25. The number of hydrogen-bond acceptors (Lipinski definition) is 2. The summed E-state index contributed by atoms with van der Waals surface area (Å²) >= 11 is 3.43. The molecule has 0 fully saturated rings. The quantitative estimate of drug-likeness (QED) is 0.826. The van der Waals surface area contributed by atoms with Crippen molar-refractivity contribution in [2.45, 2.75) is 58.7 Å². The molecule has 1 amide bonds. The van der Waals surface area contributed by atoms with E-state index in [0.717, 1.165) is 10.9 Å². The van der Waals surface area contributed by atoms with Crippen molar-refractivity contribution >= 4 is 21.8 Å². The minimum Gasteiger partial charge on any atom is -0.350 e. The third-order valence-corrected chi connectivity index (χ3v) is 4.14.